The summed E-state index contributed by atoms with van der Waals surface area (Å²) in [6.45, 7) is 0.0939. The molecule has 0 saturated carbocycles. The van der Waals surface area contributed by atoms with Crippen LogP contribution < -0.4 is 0 Å². The highest BCUT2D eigenvalue weighted by Crippen LogP contribution is 2.33. The second-order valence-corrected chi connectivity index (χ2v) is 4.40. The summed E-state index contributed by atoms with van der Waals surface area (Å²) < 4.78 is 0. The fraction of sp³-hybridized carbons (Fsp3) is 0.500. The van der Waals surface area contributed by atoms with Crippen LogP contribution in [0.3, 0.4) is 0 Å². The molecule has 1 radical (unpaired) electrons. The maximum absolute atomic E-state index is 10.1. The molecule has 0 aromatic rings. The summed E-state index contributed by atoms with van der Waals surface area (Å²) in [6, 6.07) is 0. The largest absolute Gasteiger partial charge is 0.237 e. The van der Waals surface area contributed by atoms with Crippen LogP contribution in [0.1, 0.15) is 12.8 Å². The molecule has 1 aliphatic heterocycles. The number of allylic oxidation sites excluding steroid dienone is 2. The highest BCUT2D eigenvalue weighted by atomic mass is 32.2. The molecule has 10 heavy (non-hydrogen) atoms. The molecule has 0 aromatic carbocycles. The van der Waals surface area contributed by atoms with Crippen molar-refractivity contribution in [3.63, 3.8) is 0 Å². The van der Waals surface area contributed by atoms with Gasteiger partial charge in [0.25, 0.3) is 0 Å². The van der Waals surface area contributed by atoms with E-state index in [4.69, 9.17) is 0 Å². The lowest BCUT2D eigenvalue weighted by Gasteiger charge is -2.07. The van der Waals surface area contributed by atoms with Crippen LogP contribution in [-0.2, 0) is 5.11 Å². The van der Waals surface area contributed by atoms with Gasteiger partial charge in [0.05, 0.1) is 6.61 Å². The molecular weight excluding hydrogens is 144 g/mol. The standard InChI is InChI=1S/C8H13OS/c9-5-1-2-6-10-7-3-4-8-10/h3-4,7-8,10H,1-2,5-6H2. The van der Waals surface area contributed by atoms with Crippen molar-refractivity contribution >= 4 is 10.9 Å². The first-order valence-corrected chi connectivity index (χ1v) is 5.29. The van der Waals surface area contributed by atoms with E-state index in [1.165, 1.54) is 5.75 Å². The molecule has 0 N–H and O–H groups in total. The molecule has 1 aliphatic rings. The molecule has 0 aliphatic carbocycles. The van der Waals surface area contributed by atoms with Crippen molar-refractivity contribution < 1.29 is 5.11 Å². The van der Waals surface area contributed by atoms with Crippen LogP contribution in [0.5, 0.6) is 0 Å². The first kappa shape index (κ1) is 7.89. The molecule has 57 valence electrons. The number of rotatable bonds is 4. The number of hydrogen-bond acceptors (Lipinski definition) is 0. The maximum atomic E-state index is 10.1. The predicted molar refractivity (Wildman–Crippen MR) is 46.9 cm³/mol. The monoisotopic (exact) mass is 157 g/mol. The van der Waals surface area contributed by atoms with E-state index in [1.807, 2.05) is 0 Å². The molecule has 0 saturated heterocycles. The number of thiol groups is 1. The zero-order valence-electron chi connectivity index (χ0n) is 5.99. The van der Waals surface area contributed by atoms with Crippen molar-refractivity contribution in [3.8, 4) is 0 Å². The van der Waals surface area contributed by atoms with Gasteiger partial charge in [0.1, 0.15) is 0 Å². The summed E-state index contributed by atoms with van der Waals surface area (Å²) in [7, 11) is 0.0433. The van der Waals surface area contributed by atoms with Gasteiger partial charge in [0.2, 0.25) is 0 Å². The molecule has 0 fully saturated rings. The van der Waals surface area contributed by atoms with E-state index < -0.39 is 0 Å². The second-order valence-electron chi connectivity index (χ2n) is 2.33. The Morgan fingerprint density at radius 2 is 1.80 bits per heavy atom. The fourth-order valence-corrected chi connectivity index (χ4v) is 2.54. The Kier molecular flexibility index (Phi) is 3.62. The summed E-state index contributed by atoms with van der Waals surface area (Å²) in [4.78, 5) is 0. The SMILES string of the molecule is [O]CCCC[SH]1C=CC=C1. The van der Waals surface area contributed by atoms with Gasteiger partial charge < -0.3 is 0 Å². The zero-order valence-corrected chi connectivity index (χ0v) is 6.89. The average molecular weight is 157 g/mol. The van der Waals surface area contributed by atoms with Gasteiger partial charge in [-0.15, -0.1) is 0 Å². The minimum absolute atomic E-state index is 0.0433. The molecule has 0 bridgehead atoms. The van der Waals surface area contributed by atoms with E-state index >= 15 is 0 Å². The van der Waals surface area contributed by atoms with Gasteiger partial charge in [0.15, 0.2) is 0 Å². The fourth-order valence-electron chi connectivity index (χ4n) is 0.916. The number of hydrogen-bond donors (Lipinski definition) is 1. The topological polar surface area (TPSA) is 19.9 Å². The van der Waals surface area contributed by atoms with Gasteiger partial charge in [-0.05, 0) is 29.4 Å². The molecule has 0 atom stereocenters. The van der Waals surface area contributed by atoms with Gasteiger partial charge in [-0.25, -0.2) is 16.0 Å². The van der Waals surface area contributed by atoms with Crippen LogP contribution in [0.2, 0.25) is 0 Å². The van der Waals surface area contributed by atoms with Gasteiger partial charge in [-0.2, -0.15) is 0 Å². The Morgan fingerprint density at radius 1 is 1.10 bits per heavy atom. The molecule has 0 aromatic heterocycles. The van der Waals surface area contributed by atoms with Crippen LogP contribution in [0.25, 0.3) is 0 Å². The van der Waals surface area contributed by atoms with E-state index in [0.29, 0.717) is 0 Å². The zero-order chi connectivity index (χ0) is 7.23. The summed E-state index contributed by atoms with van der Waals surface area (Å²) >= 11 is 0. The van der Waals surface area contributed by atoms with Crippen molar-refractivity contribution in [2.45, 2.75) is 12.8 Å². The van der Waals surface area contributed by atoms with Crippen molar-refractivity contribution in [1.82, 2.24) is 0 Å². The van der Waals surface area contributed by atoms with Gasteiger partial charge in [-0.3, -0.25) is 0 Å². The normalized spacial score (nSPS) is 18.7. The van der Waals surface area contributed by atoms with E-state index in [1.54, 1.807) is 0 Å². The van der Waals surface area contributed by atoms with Gasteiger partial charge in [0, 0.05) is 0 Å². The van der Waals surface area contributed by atoms with Gasteiger partial charge >= 0.3 is 0 Å². The maximum Gasteiger partial charge on any atom is 0.0822 e. The highest BCUT2D eigenvalue weighted by molar-refractivity contribution is 8.22. The molecule has 1 heterocycles. The average Bonchev–Trinajstić information content (AvgIpc) is 2.41. The Hall–Kier alpha value is -0.210. The second kappa shape index (κ2) is 4.58. The lowest BCUT2D eigenvalue weighted by molar-refractivity contribution is 0.188. The van der Waals surface area contributed by atoms with Crippen LogP contribution in [-0.4, -0.2) is 12.4 Å². The molecule has 1 nitrogen and oxygen atoms in total. The number of unbranched alkanes of at least 4 members (excludes halogenated alkanes) is 1. The molecule has 0 amide bonds. The Morgan fingerprint density at radius 3 is 2.40 bits per heavy atom. The molecule has 1 rings (SSSR count). The first-order chi connectivity index (χ1) is 4.93. The Balaban J connectivity index is 2.03. The first-order valence-electron chi connectivity index (χ1n) is 3.62. The lowest BCUT2D eigenvalue weighted by Crippen LogP contribution is -1.85. The highest BCUT2D eigenvalue weighted by Gasteiger charge is 1.97. The van der Waals surface area contributed by atoms with Crippen LogP contribution >= 0.6 is 10.9 Å². The van der Waals surface area contributed by atoms with Crippen LogP contribution in [0.4, 0.5) is 0 Å². The van der Waals surface area contributed by atoms with E-state index in [9.17, 15) is 5.11 Å². The van der Waals surface area contributed by atoms with Crippen molar-refractivity contribution in [2.24, 2.45) is 0 Å². The molecular formula is C8H13OS. The summed E-state index contributed by atoms with van der Waals surface area (Å²) in [5.74, 6) is 1.21. The predicted octanol–water partition coefficient (Wildman–Crippen LogP) is 2.24. The molecule has 2 heteroatoms. The van der Waals surface area contributed by atoms with Crippen molar-refractivity contribution in [1.29, 1.82) is 0 Å². The Bertz CT molecular complexity index is 128. The third-order valence-corrected chi connectivity index (χ3v) is 3.42. The summed E-state index contributed by atoms with van der Waals surface area (Å²) in [5, 5.41) is 14.6. The van der Waals surface area contributed by atoms with E-state index in [2.05, 4.69) is 23.0 Å². The van der Waals surface area contributed by atoms with Crippen LogP contribution in [0.15, 0.2) is 23.0 Å². The van der Waals surface area contributed by atoms with Crippen molar-refractivity contribution in [2.75, 3.05) is 12.4 Å². The van der Waals surface area contributed by atoms with Crippen molar-refractivity contribution in [3.05, 3.63) is 23.0 Å². The van der Waals surface area contributed by atoms with E-state index in [-0.39, 0.29) is 17.5 Å². The summed E-state index contributed by atoms with van der Waals surface area (Å²) in [5.41, 5.74) is 0. The molecule has 0 spiro atoms. The minimum atomic E-state index is 0.0433. The third-order valence-electron chi connectivity index (χ3n) is 1.48. The minimum Gasteiger partial charge on any atom is -0.237 e. The lowest BCUT2D eigenvalue weighted by atomic mass is 10.4. The van der Waals surface area contributed by atoms with Gasteiger partial charge in [-0.1, -0.05) is 12.2 Å². The smallest absolute Gasteiger partial charge is 0.0822 e. The molecule has 0 unspecified atom stereocenters. The summed E-state index contributed by atoms with van der Waals surface area (Å²) in [6.07, 6.45) is 6.15. The van der Waals surface area contributed by atoms with Crippen LogP contribution in [0, 0.1) is 0 Å². The Labute approximate surface area is 64.8 Å². The third kappa shape index (κ3) is 2.58. The van der Waals surface area contributed by atoms with E-state index in [0.717, 1.165) is 12.8 Å². The quantitative estimate of drug-likeness (QED) is 0.477.